The van der Waals surface area contributed by atoms with Crippen LogP contribution in [0.15, 0.2) is 31.0 Å². The molecule has 20 heavy (non-hydrogen) atoms. The number of carbonyl (C=O) groups excluding carboxylic acids is 2. The normalized spacial score (nSPS) is 19.1. The summed E-state index contributed by atoms with van der Waals surface area (Å²) >= 11 is 0. The maximum absolute atomic E-state index is 12.4. The van der Waals surface area contributed by atoms with Crippen LogP contribution in [0.1, 0.15) is 12.1 Å². The average molecular weight is 285 g/mol. The standard InChI is InChI=1S/C12H10F3N3O2/c1-2-3-8-10(19)18(11(20)17-8)7-4-5-9(16-6-7)12(13,14)15/h2,4-6,8H,1,3H2,(H,17,20). The minimum Gasteiger partial charge on any atom is -0.325 e. The second-order valence-electron chi connectivity index (χ2n) is 4.10. The van der Waals surface area contributed by atoms with Crippen LogP contribution >= 0.6 is 0 Å². The molecular weight excluding hydrogens is 275 g/mol. The summed E-state index contributed by atoms with van der Waals surface area (Å²) in [5, 5.41) is 2.41. The van der Waals surface area contributed by atoms with E-state index >= 15 is 0 Å². The van der Waals surface area contributed by atoms with Crippen molar-refractivity contribution in [2.24, 2.45) is 0 Å². The van der Waals surface area contributed by atoms with Crippen LogP contribution < -0.4 is 10.2 Å². The summed E-state index contributed by atoms with van der Waals surface area (Å²) in [6.07, 6.45) is -2.01. The summed E-state index contributed by atoms with van der Waals surface area (Å²) in [6.45, 7) is 3.46. The number of halogens is 3. The van der Waals surface area contributed by atoms with Crippen LogP contribution in [0, 0.1) is 0 Å². The SMILES string of the molecule is C=CCC1NC(=O)N(c2ccc(C(F)(F)F)nc2)C1=O. The zero-order valence-electron chi connectivity index (χ0n) is 10.1. The van der Waals surface area contributed by atoms with Crippen molar-refractivity contribution in [2.75, 3.05) is 4.90 Å². The van der Waals surface area contributed by atoms with Crippen molar-refractivity contribution in [3.8, 4) is 0 Å². The Morgan fingerprint density at radius 1 is 1.40 bits per heavy atom. The third-order valence-corrected chi connectivity index (χ3v) is 2.72. The zero-order chi connectivity index (χ0) is 14.9. The number of alkyl halides is 3. The molecule has 2 rings (SSSR count). The number of amides is 3. The molecule has 1 unspecified atom stereocenters. The van der Waals surface area contributed by atoms with Gasteiger partial charge in [-0.1, -0.05) is 6.08 Å². The van der Waals surface area contributed by atoms with Gasteiger partial charge in [0.25, 0.3) is 5.91 Å². The summed E-state index contributed by atoms with van der Waals surface area (Å²) < 4.78 is 37.1. The maximum atomic E-state index is 12.4. The van der Waals surface area contributed by atoms with Crippen molar-refractivity contribution in [1.29, 1.82) is 0 Å². The number of urea groups is 1. The number of pyridine rings is 1. The highest BCUT2D eigenvalue weighted by molar-refractivity contribution is 6.21. The lowest BCUT2D eigenvalue weighted by Gasteiger charge is -2.13. The molecule has 1 aliphatic heterocycles. The number of rotatable bonds is 3. The van der Waals surface area contributed by atoms with Crippen molar-refractivity contribution >= 4 is 17.6 Å². The molecule has 0 bridgehead atoms. The molecule has 1 fully saturated rings. The predicted molar refractivity (Wildman–Crippen MR) is 63.9 cm³/mol. The summed E-state index contributed by atoms with van der Waals surface area (Å²) in [6, 6.07) is 0.311. The average Bonchev–Trinajstić information content (AvgIpc) is 2.64. The van der Waals surface area contributed by atoms with Crippen LogP contribution in [0.4, 0.5) is 23.7 Å². The molecule has 5 nitrogen and oxygen atoms in total. The van der Waals surface area contributed by atoms with E-state index in [1.54, 1.807) is 0 Å². The van der Waals surface area contributed by atoms with E-state index < -0.39 is 29.9 Å². The number of nitrogens with one attached hydrogen (secondary N) is 1. The number of carbonyl (C=O) groups is 2. The number of anilines is 1. The molecule has 0 aromatic carbocycles. The van der Waals surface area contributed by atoms with E-state index in [-0.39, 0.29) is 12.1 Å². The van der Waals surface area contributed by atoms with E-state index in [1.165, 1.54) is 6.08 Å². The first kappa shape index (κ1) is 14.0. The fourth-order valence-electron chi connectivity index (χ4n) is 1.79. The molecule has 0 aliphatic carbocycles. The number of aromatic nitrogens is 1. The van der Waals surface area contributed by atoms with Gasteiger partial charge in [-0.2, -0.15) is 13.2 Å². The van der Waals surface area contributed by atoms with Gasteiger partial charge in [-0.3, -0.25) is 4.79 Å². The van der Waals surface area contributed by atoms with Gasteiger partial charge in [0.05, 0.1) is 11.9 Å². The van der Waals surface area contributed by atoms with Crippen molar-refractivity contribution in [1.82, 2.24) is 10.3 Å². The third kappa shape index (κ3) is 2.49. The van der Waals surface area contributed by atoms with Gasteiger partial charge in [-0.25, -0.2) is 14.7 Å². The highest BCUT2D eigenvalue weighted by Gasteiger charge is 2.39. The molecule has 0 radical (unpaired) electrons. The number of imide groups is 1. The van der Waals surface area contributed by atoms with Gasteiger partial charge < -0.3 is 5.32 Å². The van der Waals surface area contributed by atoms with Crippen LogP contribution in [0.5, 0.6) is 0 Å². The Morgan fingerprint density at radius 3 is 2.60 bits per heavy atom. The second kappa shape index (κ2) is 4.95. The Hall–Kier alpha value is -2.38. The van der Waals surface area contributed by atoms with Gasteiger partial charge in [-0.05, 0) is 18.6 Å². The summed E-state index contributed by atoms with van der Waals surface area (Å²) in [7, 11) is 0. The van der Waals surface area contributed by atoms with E-state index in [2.05, 4.69) is 16.9 Å². The van der Waals surface area contributed by atoms with Crippen LogP contribution in [-0.2, 0) is 11.0 Å². The Balaban J connectivity index is 2.26. The molecule has 8 heteroatoms. The predicted octanol–water partition coefficient (Wildman–Crippen LogP) is 2.10. The monoisotopic (exact) mass is 285 g/mol. The first-order valence-corrected chi connectivity index (χ1v) is 5.63. The highest BCUT2D eigenvalue weighted by Crippen LogP contribution is 2.29. The van der Waals surface area contributed by atoms with Gasteiger partial charge in [0.15, 0.2) is 0 Å². The minimum absolute atomic E-state index is 0.00735. The quantitative estimate of drug-likeness (QED) is 0.683. The zero-order valence-corrected chi connectivity index (χ0v) is 10.1. The Morgan fingerprint density at radius 2 is 2.10 bits per heavy atom. The van der Waals surface area contributed by atoms with Crippen molar-refractivity contribution < 1.29 is 22.8 Å². The first-order chi connectivity index (χ1) is 9.34. The second-order valence-corrected chi connectivity index (χ2v) is 4.10. The molecule has 1 aromatic rings. The molecule has 2 heterocycles. The number of nitrogens with zero attached hydrogens (tertiary/aromatic N) is 2. The van der Waals surface area contributed by atoms with Gasteiger partial charge in [0.2, 0.25) is 0 Å². The van der Waals surface area contributed by atoms with E-state index in [1.807, 2.05) is 0 Å². The van der Waals surface area contributed by atoms with Gasteiger partial charge >= 0.3 is 12.2 Å². The highest BCUT2D eigenvalue weighted by atomic mass is 19.4. The van der Waals surface area contributed by atoms with E-state index in [9.17, 15) is 22.8 Å². The number of hydrogen-bond acceptors (Lipinski definition) is 3. The summed E-state index contributed by atoms with van der Waals surface area (Å²) in [5.41, 5.74) is -1.09. The van der Waals surface area contributed by atoms with E-state index in [4.69, 9.17) is 0 Å². The molecule has 1 aliphatic rings. The third-order valence-electron chi connectivity index (χ3n) is 2.72. The molecule has 1 N–H and O–H groups in total. The van der Waals surface area contributed by atoms with E-state index in [0.29, 0.717) is 0 Å². The van der Waals surface area contributed by atoms with Crippen molar-refractivity contribution in [2.45, 2.75) is 18.6 Å². The van der Waals surface area contributed by atoms with Gasteiger partial charge in [0, 0.05) is 0 Å². The molecule has 3 amide bonds. The Labute approximate surface area is 112 Å². The van der Waals surface area contributed by atoms with E-state index in [0.717, 1.165) is 23.2 Å². The fourth-order valence-corrected chi connectivity index (χ4v) is 1.79. The molecule has 0 spiro atoms. The molecule has 1 atom stereocenters. The van der Waals surface area contributed by atoms with Crippen LogP contribution in [0.2, 0.25) is 0 Å². The molecule has 106 valence electrons. The van der Waals surface area contributed by atoms with Crippen LogP contribution in [0.3, 0.4) is 0 Å². The molecular formula is C12H10F3N3O2. The fraction of sp³-hybridized carbons (Fsp3) is 0.250. The molecule has 0 saturated carbocycles. The van der Waals surface area contributed by atoms with Crippen molar-refractivity contribution in [3.05, 3.63) is 36.7 Å². The molecule has 1 saturated heterocycles. The van der Waals surface area contributed by atoms with Crippen LogP contribution in [-0.4, -0.2) is 23.0 Å². The van der Waals surface area contributed by atoms with Gasteiger partial charge in [-0.15, -0.1) is 6.58 Å². The maximum Gasteiger partial charge on any atom is 0.433 e. The number of hydrogen-bond donors (Lipinski definition) is 1. The first-order valence-electron chi connectivity index (χ1n) is 5.63. The smallest absolute Gasteiger partial charge is 0.325 e. The Bertz CT molecular complexity index is 554. The van der Waals surface area contributed by atoms with Crippen molar-refractivity contribution in [3.63, 3.8) is 0 Å². The lowest BCUT2D eigenvalue weighted by Crippen LogP contribution is -2.31. The summed E-state index contributed by atoms with van der Waals surface area (Å²) in [4.78, 5) is 27.6. The van der Waals surface area contributed by atoms with Gasteiger partial charge in [0.1, 0.15) is 11.7 Å². The van der Waals surface area contributed by atoms with Crippen LogP contribution in [0.25, 0.3) is 0 Å². The Kier molecular flexibility index (Phi) is 3.47. The summed E-state index contributed by atoms with van der Waals surface area (Å²) in [5.74, 6) is -0.545. The lowest BCUT2D eigenvalue weighted by molar-refractivity contribution is -0.141. The largest absolute Gasteiger partial charge is 0.433 e. The molecule has 1 aromatic heterocycles. The topological polar surface area (TPSA) is 62.3 Å². The minimum atomic E-state index is -4.57. The lowest BCUT2D eigenvalue weighted by atomic mass is 10.2.